The minimum atomic E-state index is -0.306. The largest absolute Gasteiger partial charge is 0.494 e. The van der Waals surface area contributed by atoms with Crippen LogP contribution in [0.3, 0.4) is 0 Å². The third kappa shape index (κ3) is 3.29. The van der Waals surface area contributed by atoms with Gasteiger partial charge in [-0.05, 0) is 30.7 Å². The maximum Gasteiger partial charge on any atom is 0.169 e. The van der Waals surface area contributed by atoms with E-state index in [-0.39, 0.29) is 17.6 Å². The molecule has 0 aliphatic carbocycles. The topological polar surface area (TPSA) is 34.1 Å². The summed E-state index contributed by atoms with van der Waals surface area (Å²) in [4.78, 5) is 3.98. The Hall–Kier alpha value is -1.94. The predicted octanol–water partition coefficient (Wildman–Crippen LogP) is 3.08. The van der Waals surface area contributed by atoms with Crippen molar-refractivity contribution >= 4 is 0 Å². The third-order valence-corrected chi connectivity index (χ3v) is 3.07. The van der Waals surface area contributed by atoms with Gasteiger partial charge < -0.3 is 10.1 Å². The Labute approximate surface area is 112 Å². The van der Waals surface area contributed by atoms with Crippen LogP contribution in [-0.2, 0) is 6.54 Å². The molecule has 1 aromatic heterocycles. The zero-order valence-electron chi connectivity index (χ0n) is 11.1. The molecular weight excluding hydrogens is 243 g/mol. The number of hydrogen-bond acceptors (Lipinski definition) is 3. The molecule has 100 valence electrons. The predicted molar refractivity (Wildman–Crippen MR) is 72.4 cm³/mol. The number of nitrogens with one attached hydrogen (secondary N) is 1. The second-order valence-electron chi connectivity index (χ2n) is 4.32. The van der Waals surface area contributed by atoms with Gasteiger partial charge in [-0.2, -0.15) is 0 Å². The first-order chi connectivity index (χ1) is 9.22. The summed E-state index contributed by atoms with van der Waals surface area (Å²) >= 11 is 0. The molecule has 0 saturated heterocycles. The molecule has 0 aliphatic rings. The van der Waals surface area contributed by atoms with Crippen LogP contribution in [0.4, 0.5) is 4.39 Å². The van der Waals surface area contributed by atoms with Crippen LogP contribution in [-0.4, -0.2) is 12.1 Å². The summed E-state index contributed by atoms with van der Waals surface area (Å²) < 4.78 is 18.9. The van der Waals surface area contributed by atoms with Crippen molar-refractivity contribution in [2.75, 3.05) is 7.11 Å². The number of pyridine rings is 1. The Kier molecular flexibility index (Phi) is 4.47. The van der Waals surface area contributed by atoms with Crippen molar-refractivity contribution in [1.29, 1.82) is 0 Å². The summed E-state index contributed by atoms with van der Waals surface area (Å²) in [6, 6.07) is 9.18. The van der Waals surface area contributed by atoms with Crippen LogP contribution in [0.15, 0.2) is 42.7 Å². The highest BCUT2D eigenvalue weighted by atomic mass is 19.1. The fourth-order valence-corrected chi connectivity index (χ4v) is 1.88. The Balaban J connectivity index is 2.03. The molecule has 0 spiro atoms. The number of nitrogens with zero attached hydrogens (tertiary/aromatic N) is 1. The fraction of sp³-hybridized carbons (Fsp3) is 0.267. The first-order valence-electron chi connectivity index (χ1n) is 6.17. The molecule has 0 bridgehead atoms. The second kappa shape index (κ2) is 6.29. The number of rotatable bonds is 5. The van der Waals surface area contributed by atoms with Crippen LogP contribution in [0.5, 0.6) is 5.75 Å². The molecule has 0 aliphatic heterocycles. The van der Waals surface area contributed by atoms with E-state index in [0.29, 0.717) is 12.1 Å². The standard InChI is InChI=1S/C15H17FN2O/c1-11(12-6-8-17-9-7-12)18-10-13-4-3-5-14(19-2)15(13)16/h3-9,11,18H,10H2,1-2H3/t11-/m0/s1. The zero-order chi connectivity index (χ0) is 13.7. The van der Waals surface area contributed by atoms with Gasteiger partial charge >= 0.3 is 0 Å². The van der Waals surface area contributed by atoms with E-state index in [1.165, 1.54) is 7.11 Å². The van der Waals surface area contributed by atoms with E-state index in [9.17, 15) is 4.39 Å². The lowest BCUT2D eigenvalue weighted by molar-refractivity contribution is 0.382. The average Bonchev–Trinajstić information content (AvgIpc) is 2.47. The number of hydrogen-bond donors (Lipinski definition) is 1. The number of benzene rings is 1. The minimum absolute atomic E-state index is 0.133. The van der Waals surface area contributed by atoms with E-state index in [1.807, 2.05) is 19.1 Å². The van der Waals surface area contributed by atoms with Crippen LogP contribution in [0.1, 0.15) is 24.1 Å². The van der Waals surface area contributed by atoms with Crippen LogP contribution >= 0.6 is 0 Å². The lowest BCUT2D eigenvalue weighted by Gasteiger charge is -2.15. The van der Waals surface area contributed by atoms with Gasteiger partial charge in [-0.3, -0.25) is 4.98 Å². The molecule has 1 heterocycles. The van der Waals surface area contributed by atoms with Gasteiger partial charge in [0.05, 0.1) is 7.11 Å². The van der Waals surface area contributed by atoms with Gasteiger partial charge in [-0.25, -0.2) is 4.39 Å². The Morgan fingerprint density at radius 2 is 2.00 bits per heavy atom. The third-order valence-electron chi connectivity index (χ3n) is 3.07. The normalized spacial score (nSPS) is 12.2. The molecular formula is C15H17FN2O. The van der Waals surface area contributed by atoms with Crippen molar-refractivity contribution in [3.63, 3.8) is 0 Å². The van der Waals surface area contributed by atoms with E-state index >= 15 is 0 Å². The second-order valence-corrected chi connectivity index (χ2v) is 4.32. The van der Waals surface area contributed by atoms with Crippen LogP contribution in [0.2, 0.25) is 0 Å². The molecule has 0 amide bonds. The van der Waals surface area contributed by atoms with E-state index < -0.39 is 0 Å². The van der Waals surface area contributed by atoms with Gasteiger partial charge in [-0.15, -0.1) is 0 Å². The molecule has 0 fully saturated rings. The molecule has 0 radical (unpaired) electrons. The average molecular weight is 260 g/mol. The molecule has 3 nitrogen and oxygen atoms in total. The monoisotopic (exact) mass is 260 g/mol. The fourth-order valence-electron chi connectivity index (χ4n) is 1.88. The number of methoxy groups -OCH3 is 1. The van der Waals surface area contributed by atoms with Gasteiger partial charge in [0, 0.05) is 30.5 Å². The molecule has 2 aromatic rings. The van der Waals surface area contributed by atoms with E-state index in [1.54, 1.807) is 30.6 Å². The van der Waals surface area contributed by atoms with Gasteiger partial charge in [0.15, 0.2) is 11.6 Å². The van der Waals surface area contributed by atoms with Crippen molar-refractivity contribution in [3.8, 4) is 5.75 Å². The molecule has 1 atom stereocenters. The highest BCUT2D eigenvalue weighted by Crippen LogP contribution is 2.20. The van der Waals surface area contributed by atoms with Crippen molar-refractivity contribution in [2.24, 2.45) is 0 Å². The molecule has 2 rings (SSSR count). The lowest BCUT2D eigenvalue weighted by Crippen LogP contribution is -2.18. The van der Waals surface area contributed by atoms with Crippen LogP contribution in [0, 0.1) is 5.82 Å². The Morgan fingerprint density at radius 3 is 2.68 bits per heavy atom. The molecule has 1 N–H and O–H groups in total. The SMILES string of the molecule is COc1cccc(CN[C@@H](C)c2ccncc2)c1F. The van der Waals surface area contributed by atoms with Crippen LogP contribution < -0.4 is 10.1 Å². The maximum absolute atomic E-state index is 14.0. The van der Waals surface area contributed by atoms with E-state index in [2.05, 4.69) is 10.3 Å². The highest BCUT2D eigenvalue weighted by Gasteiger charge is 2.10. The molecule has 1 aromatic carbocycles. The van der Waals surface area contributed by atoms with Crippen molar-refractivity contribution in [3.05, 3.63) is 59.7 Å². The summed E-state index contributed by atoms with van der Waals surface area (Å²) in [7, 11) is 1.47. The summed E-state index contributed by atoms with van der Waals surface area (Å²) in [6.07, 6.45) is 3.50. The quantitative estimate of drug-likeness (QED) is 0.897. The first kappa shape index (κ1) is 13.5. The Morgan fingerprint density at radius 1 is 1.26 bits per heavy atom. The summed E-state index contributed by atoms with van der Waals surface area (Å²) in [5, 5.41) is 3.28. The lowest BCUT2D eigenvalue weighted by atomic mass is 10.1. The van der Waals surface area contributed by atoms with Gasteiger partial charge in [0.2, 0.25) is 0 Å². The summed E-state index contributed by atoms with van der Waals surface area (Å²) in [5.74, 6) is -0.0321. The minimum Gasteiger partial charge on any atom is -0.494 e. The van der Waals surface area contributed by atoms with E-state index in [0.717, 1.165) is 5.56 Å². The van der Waals surface area contributed by atoms with Crippen molar-refractivity contribution < 1.29 is 9.13 Å². The summed E-state index contributed by atoms with van der Waals surface area (Å²) in [5.41, 5.74) is 1.72. The molecule has 0 saturated carbocycles. The molecule has 0 unspecified atom stereocenters. The number of halogens is 1. The van der Waals surface area contributed by atoms with Gasteiger partial charge in [0.1, 0.15) is 0 Å². The van der Waals surface area contributed by atoms with Crippen LogP contribution in [0.25, 0.3) is 0 Å². The van der Waals surface area contributed by atoms with E-state index in [4.69, 9.17) is 4.74 Å². The van der Waals surface area contributed by atoms with Gasteiger partial charge in [0.25, 0.3) is 0 Å². The van der Waals surface area contributed by atoms with Gasteiger partial charge in [-0.1, -0.05) is 12.1 Å². The maximum atomic E-state index is 14.0. The first-order valence-corrected chi connectivity index (χ1v) is 6.17. The summed E-state index contributed by atoms with van der Waals surface area (Å²) in [6.45, 7) is 2.49. The van der Waals surface area contributed by atoms with Crippen molar-refractivity contribution in [1.82, 2.24) is 10.3 Å². The Bertz CT molecular complexity index is 531. The molecule has 19 heavy (non-hydrogen) atoms. The molecule has 4 heteroatoms. The number of ether oxygens (including phenoxy) is 1. The number of aromatic nitrogens is 1. The van der Waals surface area contributed by atoms with Crippen molar-refractivity contribution in [2.45, 2.75) is 19.5 Å². The zero-order valence-corrected chi connectivity index (χ0v) is 11.1. The smallest absolute Gasteiger partial charge is 0.169 e. The highest BCUT2D eigenvalue weighted by molar-refractivity contribution is 5.31.